The van der Waals surface area contributed by atoms with Gasteiger partial charge in [0.25, 0.3) is 0 Å². The molecule has 2 heterocycles. The number of carbonyl (C=O) groups excluding carboxylic acids is 1. The Balaban J connectivity index is 1.50. The summed E-state index contributed by atoms with van der Waals surface area (Å²) in [5, 5.41) is 1.01. The number of benzene rings is 2. The number of fused-ring (bicyclic) bond motifs is 1. The Bertz CT molecular complexity index is 1300. The van der Waals surface area contributed by atoms with Crippen molar-refractivity contribution < 1.29 is 27.4 Å². The van der Waals surface area contributed by atoms with Crippen LogP contribution >= 0.6 is 22.9 Å². The number of carbonyl (C=O) groups is 1. The lowest BCUT2D eigenvalue weighted by atomic mass is 10.2. The summed E-state index contributed by atoms with van der Waals surface area (Å²) >= 11 is 7.25. The first-order chi connectivity index (χ1) is 18.3. The number of rotatable bonds is 12. The third-order valence-corrected chi connectivity index (χ3v) is 9.53. The van der Waals surface area contributed by atoms with Crippen LogP contribution in [0.4, 0.5) is 5.13 Å². The normalized spacial score (nSPS) is 14.5. The average Bonchev–Trinajstić information content (AvgIpc) is 3.36. The molecule has 0 N–H and O–H groups in total. The zero-order valence-corrected chi connectivity index (χ0v) is 23.9. The maximum absolute atomic E-state index is 13.5. The number of nitrogens with zero attached hydrogens (tertiary/aromatic N) is 3. The third kappa shape index (κ3) is 6.95. The highest BCUT2D eigenvalue weighted by Gasteiger charge is 2.24. The lowest BCUT2D eigenvalue weighted by molar-refractivity contribution is -0.118. The SMILES string of the molecule is COc1ccc(OC)c2sc(N(CCCN3CCOCC3)C(=O)CCCS(=O)(=O)c3ccc(Cl)cc3)nc12. The van der Waals surface area contributed by atoms with Crippen molar-refractivity contribution in [3.63, 3.8) is 0 Å². The zero-order valence-electron chi connectivity index (χ0n) is 21.5. The van der Waals surface area contributed by atoms with E-state index in [1.54, 1.807) is 37.3 Å². The summed E-state index contributed by atoms with van der Waals surface area (Å²) in [5.74, 6) is 0.941. The molecule has 1 aliphatic rings. The monoisotopic (exact) mass is 581 g/mol. The topological polar surface area (TPSA) is 98.3 Å². The molecule has 2 aromatic carbocycles. The first kappa shape index (κ1) is 28.6. The second-order valence-electron chi connectivity index (χ2n) is 8.87. The highest BCUT2D eigenvalue weighted by Crippen LogP contribution is 2.40. The van der Waals surface area contributed by atoms with Gasteiger partial charge in [-0.15, -0.1) is 0 Å². The van der Waals surface area contributed by atoms with E-state index in [-0.39, 0.29) is 29.4 Å². The number of halogens is 1. The molecule has 38 heavy (non-hydrogen) atoms. The van der Waals surface area contributed by atoms with Gasteiger partial charge in [0.15, 0.2) is 15.0 Å². The van der Waals surface area contributed by atoms with Crippen molar-refractivity contribution in [3.05, 3.63) is 41.4 Å². The molecule has 1 saturated heterocycles. The van der Waals surface area contributed by atoms with E-state index in [1.807, 2.05) is 6.07 Å². The predicted octanol–water partition coefficient (Wildman–Crippen LogP) is 4.28. The van der Waals surface area contributed by atoms with Gasteiger partial charge in [-0.2, -0.15) is 0 Å². The lowest BCUT2D eigenvalue weighted by Crippen LogP contribution is -2.39. The molecule has 0 atom stereocenters. The van der Waals surface area contributed by atoms with Gasteiger partial charge in [-0.25, -0.2) is 13.4 Å². The van der Waals surface area contributed by atoms with Crippen LogP contribution in [0.5, 0.6) is 11.5 Å². The number of methoxy groups -OCH3 is 2. The van der Waals surface area contributed by atoms with E-state index in [0.717, 1.165) is 30.8 Å². The fourth-order valence-electron chi connectivity index (χ4n) is 4.30. The first-order valence-corrected chi connectivity index (χ1v) is 15.3. The summed E-state index contributed by atoms with van der Waals surface area (Å²) in [6.07, 6.45) is 1.02. The number of sulfone groups is 1. The predicted molar refractivity (Wildman–Crippen MR) is 150 cm³/mol. The van der Waals surface area contributed by atoms with E-state index in [0.29, 0.717) is 46.9 Å². The van der Waals surface area contributed by atoms with Crippen molar-refractivity contribution >= 4 is 54.0 Å². The molecule has 0 unspecified atom stereocenters. The molecule has 206 valence electrons. The Kier molecular flexibility index (Phi) is 9.83. The quantitative estimate of drug-likeness (QED) is 0.313. The van der Waals surface area contributed by atoms with Crippen molar-refractivity contribution in [2.45, 2.75) is 24.2 Å². The molecule has 12 heteroatoms. The number of hydrogen-bond acceptors (Lipinski definition) is 9. The van der Waals surface area contributed by atoms with Gasteiger partial charge >= 0.3 is 0 Å². The molecule has 1 aliphatic heterocycles. The van der Waals surface area contributed by atoms with Gasteiger partial charge in [0.1, 0.15) is 21.7 Å². The molecule has 0 radical (unpaired) electrons. The Morgan fingerprint density at radius 3 is 2.45 bits per heavy atom. The van der Waals surface area contributed by atoms with E-state index in [1.165, 1.54) is 23.5 Å². The van der Waals surface area contributed by atoms with E-state index in [2.05, 4.69) is 4.90 Å². The standard InChI is InChI=1S/C26H32ClN3O6S2/c1-34-21-10-11-22(35-2)25-24(21)28-26(37-25)30(13-4-12-29-14-16-36-17-15-29)23(31)5-3-18-38(32,33)20-8-6-19(27)7-9-20/h6-11H,3-5,12-18H2,1-2H3. The Labute approximate surface area is 232 Å². The van der Waals surface area contributed by atoms with Crippen molar-refractivity contribution in [1.82, 2.24) is 9.88 Å². The van der Waals surface area contributed by atoms with Gasteiger partial charge in [-0.1, -0.05) is 22.9 Å². The van der Waals surface area contributed by atoms with Crippen molar-refractivity contribution in [3.8, 4) is 11.5 Å². The molecule has 1 fully saturated rings. The average molecular weight is 582 g/mol. The summed E-state index contributed by atoms with van der Waals surface area (Å²) in [7, 11) is -0.361. The van der Waals surface area contributed by atoms with E-state index < -0.39 is 9.84 Å². The molecular weight excluding hydrogens is 550 g/mol. The van der Waals surface area contributed by atoms with E-state index in [4.69, 9.17) is 30.8 Å². The fraction of sp³-hybridized carbons (Fsp3) is 0.462. The maximum atomic E-state index is 13.5. The van der Waals surface area contributed by atoms with Crippen molar-refractivity contribution in [1.29, 1.82) is 0 Å². The lowest BCUT2D eigenvalue weighted by Gasteiger charge is -2.27. The summed E-state index contributed by atoms with van der Waals surface area (Å²) in [6, 6.07) is 9.67. The number of thiazole rings is 1. The Morgan fingerprint density at radius 1 is 1.08 bits per heavy atom. The summed E-state index contributed by atoms with van der Waals surface area (Å²) in [6.45, 7) is 4.45. The fourth-order valence-corrected chi connectivity index (χ4v) is 6.86. The minimum atomic E-state index is -3.53. The van der Waals surface area contributed by atoms with Gasteiger partial charge in [0.2, 0.25) is 5.91 Å². The van der Waals surface area contributed by atoms with Crippen LogP contribution < -0.4 is 14.4 Å². The largest absolute Gasteiger partial charge is 0.495 e. The summed E-state index contributed by atoms with van der Waals surface area (Å²) < 4.78 is 42.7. The number of anilines is 1. The minimum absolute atomic E-state index is 0.0779. The van der Waals surface area contributed by atoms with Crippen molar-refractivity contribution in [2.24, 2.45) is 0 Å². The molecule has 0 saturated carbocycles. The second-order valence-corrected chi connectivity index (χ2v) is 12.4. The van der Waals surface area contributed by atoms with Crippen LogP contribution in [0.3, 0.4) is 0 Å². The number of amides is 1. The van der Waals surface area contributed by atoms with Crippen LogP contribution in [0.2, 0.25) is 5.02 Å². The van der Waals surface area contributed by atoms with E-state index >= 15 is 0 Å². The molecule has 9 nitrogen and oxygen atoms in total. The highest BCUT2D eigenvalue weighted by molar-refractivity contribution is 7.91. The number of hydrogen-bond donors (Lipinski definition) is 0. The van der Waals surface area contributed by atoms with Crippen LogP contribution in [-0.4, -0.2) is 83.6 Å². The van der Waals surface area contributed by atoms with Crippen LogP contribution in [0.15, 0.2) is 41.3 Å². The maximum Gasteiger partial charge on any atom is 0.228 e. The molecule has 4 rings (SSSR count). The van der Waals surface area contributed by atoms with Gasteiger partial charge in [-0.3, -0.25) is 14.6 Å². The molecule has 0 aliphatic carbocycles. The second kappa shape index (κ2) is 13.1. The van der Waals surface area contributed by atoms with Gasteiger partial charge in [-0.05, 0) is 49.2 Å². The van der Waals surface area contributed by atoms with Gasteiger partial charge in [0, 0.05) is 37.6 Å². The molecule has 0 spiro atoms. The minimum Gasteiger partial charge on any atom is -0.495 e. The summed E-state index contributed by atoms with van der Waals surface area (Å²) in [4.78, 5) is 22.4. The van der Waals surface area contributed by atoms with Crippen LogP contribution in [-0.2, 0) is 19.4 Å². The molecule has 1 aromatic heterocycles. The molecule has 0 bridgehead atoms. The van der Waals surface area contributed by atoms with Crippen molar-refractivity contribution in [2.75, 3.05) is 64.3 Å². The summed E-state index contributed by atoms with van der Waals surface area (Å²) in [5.41, 5.74) is 0.628. The number of morpholine rings is 1. The smallest absolute Gasteiger partial charge is 0.228 e. The first-order valence-electron chi connectivity index (χ1n) is 12.4. The highest BCUT2D eigenvalue weighted by atomic mass is 35.5. The van der Waals surface area contributed by atoms with Crippen LogP contribution in [0.25, 0.3) is 10.2 Å². The number of ether oxygens (including phenoxy) is 3. The molecule has 1 amide bonds. The van der Waals surface area contributed by atoms with Crippen LogP contribution in [0.1, 0.15) is 19.3 Å². The molecule has 3 aromatic rings. The Morgan fingerprint density at radius 2 is 1.76 bits per heavy atom. The Hall–Kier alpha value is -2.44. The number of aromatic nitrogens is 1. The van der Waals surface area contributed by atoms with Crippen LogP contribution in [0, 0.1) is 0 Å². The molecular formula is C26H32ClN3O6S2. The zero-order chi connectivity index (χ0) is 27.1. The third-order valence-electron chi connectivity index (χ3n) is 6.37. The van der Waals surface area contributed by atoms with Gasteiger partial charge < -0.3 is 14.2 Å². The van der Waals surface area contributed by atoms with E-state index in [9.17, 15) is 13.2 Å². The van der Waals surface area contributed by atoms with Gasteiger partial charge in [0.05, 0.1) is 38.1 Å².